The first kappa shape index (κ1) is 14.2. The van der Waals surface area contributed by atoms with E-state index < -0.39 is 11.6 Å². The van der Waals surface area contributed by atoms with Crippen LogP contribution in [0.25, 0.3) is 0 Å². The van der Waals surface area contributed by atoms with Gasteiger partial charge in [-0.05, 0) is 54.0 Å². The molecule has 1 aromatic carbocycles. The van der Waals surface area contributed by atoms with E-state index in [0.29, 0.717) is 28.7 Å². The largest absolute Gasteiger partial charge is 0.337 e. The third kappa shape index (κ3) is 2.67. The number of hydrogen-bond acceptors (Lipinski definition) is 2. The van der Waals surface area contributed by atoms with Gasteiger partial charge in [0.2, 0.25) is 0 Å². The first-order chi connectivity index (χ1) is 9.54. The minimum absolute atomic E-state index is 0.206. The SMILES string of the molecule is O=C(c1cc(F)c(F)cc1I)N1CCC2CCC(C1)N2. The quantitative estimate of drug-likeness (QED) is 0.589. The number of benzene rings is 1. The highest BCUT2D eigenvalue weighted by molar-refractivity contribution is 14.1. The first-order valence-corrected chi connectivity index (χ1v) is 7.82. The van der Waals surface area contributed by atoms with Gasteiger partial charge in [0, 0.05) is 28.7 Å². The Labute approximate surface area is 129 Å². The highest BCUT2D eigenvalue weighted by atomic mass is 127. The van der Waals surface area contributed by atoms with Gasteiger partial charge in [0.1, 0.15) is 0 Å². The zero-order valence-electron chi connectivity index (χ0n) is 10.8. The average Bonchev–Trinajstić information content (AvgIpc) is 2.73. The number of rotatable bonds is 1. The Hall–Kier alpha value is -0.760. The molecule has 2 aliphatic heterocycles. The zero-order chi connectivity index (χ0) is 14.3. The van der Waals surface area contributed by atoms with Crippen LogP contribution >= 0.6 is 22.6 Å². The maximum atomic E-state index is 13.4. The van der Waals surface area contributed by atoms with Crippen LogP contribution in [-0.4, -0.2) is 36.0 Å². The lowest BCUT2D eigenvalue weighted by atomic mass is 10.1. The molecule has 2 heterocycles. The Kier molecular flexibility index (Phi) is 3.94. The molecular weight excluding hydrogens is 377 g/mol. The van der Waals surface area contributed by atoms with Crippen LogP contribution in [0.15, 0.2) is 12.1 Å². The fraction of sp³-hybridized carbons (Fsp3) is 0.500. The molecule has 2 bridgehead atoms. The van der Waals surface area contributed by atoms with Crippen molar-refractivity contribution in [3.63, 3.8) is 0 Å². The van der Waals surface area contributed by atoms with Crippen molar-refractivity contribution in [3.05, 3.63) is 32.9 Å². The summed E-state index contributed by atoms with van der Waals surface area (Å²) in [6, 6.07) is 2.90. The molecule has 0 aromatic heterocycles. The third-order valence-corrected chi connectivity index (χ3v) is 4.94. The fourth-order valence-corrected chi connectivity index (χ4v) is 3.64. The lowest BCUT2D eigenvalue weighted by molar-refractivity contribution is 0.0746. The summed E-state index contributed by atoms with van der Waals surface area (Å²) in [6.45, 7) is 1.31. The minimum Gasteiger partial charge on any atom is -0.337 e. The summed E-state index contributed by atoms with van der Waals surface area (Å²) in [5.41, 5.74) is 0.252. The van der Waals surface area contributed by atoms with Crippen molar-refractivity contribution in [3.8, 4) is 0 Å². The molecule has 2 aliphatic rings. The van der Waals surface area contributed by atoms with E-state index in [1.165, 1.54) is 0 Å². The van der Waals surface area contributed by atoms with Crippen LogP contribution in [0.1, 0.15) is 29.6 Å². The van der Waals surface area contributed by atoms with Gasteiger partial charge in [0.05, 0.1) is 5.56 Å². The van der Waals surface area contributed by atoms with Crippen LogP contribution < -0.4 is 5.32 Å². The van der Waals surface area contributed by atoms with Crippen LogP contribution in [-0.2, 0) is 0 Å². The minimum atomic E-state index is -0.969. The Balaban J connectivity index is 1.83. The van der Waals surface area contributed by atoms with Crippen LogP contribution in [0.4, 0.5) is 8.78 Å². The van der Waals surface area contributed by atoms with Gasteiger partial charge >= 0.3 is 0 Å². The number of nitrogens with one attached hydrogen (secondary N) is 1. The number of halogens is 3. The monoisotopic (exact) mass is 392 g/mol. The zero-order valence-corrected chi connectivity index (χ0v) is 13.0. The molecule has 2 fully saturated rings. The van der Waals surface area contributed by atoms with Gasteiger partial charge in [-0.25, -0.2) is 8.78 Å². The van der Waals surface area contributed by atoms with E-state index in [2.05, 4.69) is 5.32 Å². The Bertz CT molecular complexity index is 552. The molecule has 0 aliphatic carbocycles. The topological polar surface area (TPSA) is 32.3 Å². The summed E-state index contributed by atoms with van der Waals surface area (Å²) in [5.74, 6) is -2.09. The Morgan fingerprint density at radius 2 is 1.90 bits per heavy atom. The highest BCUT2D eigenvalue weighted by Crippen LogP contribution is 2.24. The molecule has 2 atom stereocenters. The van der Waals surface area contributed by atoms with Crippen molar-refractivity contribution in [2.75, 3.05) is 13.1 Å². The van der Waals surface area contributed by atoms with Crippen LogP contribution in [0.2, 0.25) is 0 Å². The number of amides is 1. The molecule has 3 nitrogen and oxygen atoms in total. The summed E-state index contributed by atoms with van der Waals surface area (Å²) in [6.07, 6.45) is 3.15. The number of carbonyl (C=O) groups excluding carboxylic acids is 1. The smallest absolute Gasteiger partial charge is 0.255 e. The van der Waals surface area contributed by atoms with Crippen molar-refractivity contribution in [2.24, 2.45) is 0 Å². The summed E-state index contributed by atoms with van der Waals surface area (Å²) in [4.78, 5) is 14.3. The second-order valence-electron chi connectivity index (χ2n) is 5.42. The van der Waals surface area contributed by atoms with Crippen molar-refractivity contribution >= 4 is 28.5 Å². The van der Waals surface area contributed by atoms with E-state index in [9.17, 15) is 13.6 Å². The third-order valence-electron chi connectivity index (χ3n) is 4.05. The Morgan fingerprint density at radius 3 is 2.70 bits per heavy atom. The van der Waals surface area contributed by atoms with E-state index in [1.54, 1.807) is 4.90 Å². The van der Waals surface area contributed by atoms with E-state index in [1.807, 2.05) is 22.6 Å². The lowest BCUT2D eigenvalue weighted by Crippen LogP contribution is -2.39. The molecule has 0 radical (unpaired) electrons. The number of nitrogens with zero attached hydrogens (tertiary/aromatic N) is 1. The highest BCUT2D eigenvalue weighted by Gasteiger charge is 2.32. The molecule has 0 spiro atoms. The number of carbonyl (C=O) groups is 1. The van der Waals surface area contributed by atoms with Crippen molar-refractivity contribution in [1.29, 1.82) is 0 Å². The molecule has 1 amide bonds. The van der Waals surface area contributed by atoms with Gasteiger partial charge < -0.3 is 10.2 Å². The Morgan fingerprint density at radius 1 is 1.20 bits per heavy atom. The molecule has 0 saturated carbocycles. The van der Waals surface area contributed by atoms with Gasteiger partial charge in [-0.3, -0.25) is 4.79 Å². The van der Waals surface area contributed by atoms with E-state index >= 15 is 0 Å². The van der Waals surface area contributed by atoms with Gasteiger partial charge in [0.15, 0.2) is 11.6 Å². The van der Waals surface area contributed by atoms with Gasteiger partial charge in [0.25, 0.3) is 5.91 Å². The maximum absolute atomic E-state index is 13.4. The number of hydrogen-bond donors (Lipinski definition) is 1. The molecule has 108 valence electrons. The van der Waals surface area contributed by atoms with Gasteiger partial charge in [-0.2, -0.15) is 0 Å². The fourth-order valence-electron chi connectivity index (χ4n) is 2.98. The average molecular weight is 392 g/mol. The molecule has 1 aromatic rings. The predicted octanol–water partition coefficient (Wildman–Crippen LogP) is 2.54. The molecule has 3 rings (SSSR count). The molecule has 2 unspecified atom stereocenters. The van der Waals surface area contributed by atoms with Crippen molar-refractivity contribution in [1.82, 2.24) is 10.2 Å². The number of likely N-dealkylation sites (tertiary alicyclic amines) is 1. The molecule has 2 saturated heterocycles. The molecule has 20 heavy (non-hydrogen) atoms. The van der Waals surface area contributed by atoms with Crippen LogP contribution in [0.5, 0.6) is 0 Å². The van der Waals surface area contributed by atoms with Crippen LogP contribution in [0.3, 0.4) is 0 Å². The molecular formula is C14H15F2IN2O. The standard InChI is InChI=1S/C14H15F2IN2O/c15-11-5-10(13(17)6-12(11)16)14(20)19-4-3-8-1-2-9(7-19)18-8/h5-6,8-9,18H,1-4,7H2. The van der Waals surface area contributed by atoms with Crippen LogP contribution in [0, 0.1) is 15.2 Å². The number of fused-ring (bicyclic) bond motifs is 2. The molecule has 1 N–H and O–H groups in total. The summed E-state index contributed by atoms with van der Waals surface area (Å²) in [7, 11) is 0. The van der Waals surface area contributed by atoms with Gasteiger partial charge in [-0.1, -0.05) is 0 Å². The lowest BCUT2D eigenvalue weighted by Gasteiger charge is -2.24. The second kappa shape index (κ2) is 5.55. The van der Waals surface area contributed by atoms with Crippen molar-refractivity contribution < 1.29 is 13.6 Å². The maximum Gasteiger partial charge on any atom is 0.255 e. The van der Waals surface area contributed by atoms with E-state index in [-0.39, 0.29) is 11.5 Å². The van der Waals surface area contributed by atoms with E-state index in [0.717, 1.165) is 31.4 Å². The first-order valence-electron chi connectivity index (χ1n) is 6.74. The summed E-state index contributed by atoms with van der Waals surface area (Å²) in [5, 5.41) is 3.49. The normalized spacial score (nSPS) is 25.6. The van der Waals surface area contributed by atoms with E-state index in [4.69, 9.17) is 0 Å². The summed E-state index contributed by atoms with van der Waals surface area (Å²) < 4.78 is 26.9. The summed E-state index contributed by atoms with van der Waals surface area (Å²) >= 11 is 1.88. The van der Waals surface area contributed by atoms with Crippen molar-refractivity contribution in [2.45, 2.75) is 31.3 Å². The molecule has 6 heteroatoms. The predicted molar refractivity (Wildman–Crippen MR) is 79.5 cm³/mol. The van der Waals surface area contributed by atoms with Gasteiger partial charge in [-0.15, -0.1) is 0 Å². The second-order valence-corrected chi connectivity index (χ2v) is 6.59.